The van der Waals surface area contributed by atoms with Gasteiger partial charge in [0.2, 0.25) is 11.8 Å². The number of halogens is 1. The zero-order valence-corrected chi connectivity index (χ0v) is 17.2. The lowest BCUT2D eigenvalue weighted by Gasteiger charge is -2.16. The SMILES string of the molecule is COc1ccc(-c2csc(NC(=O)C3CC(=O)N(c4ccc(Cl)cc4)C3)n2)cc1. The zero-order chi connectivity index (χ0) is 20.4. The van der Waals surface area contributed by atoms with Crippen LogP contribution in [0, 0.1) is 5.92 Å². The first-order valence-corrected chi connectivity index (χ1v) is 10.3. The van der Waals surface area contributed by atoms with E-state index in [1.54, 1.807) is 36.3 Å². The van der Waals surface area contributed by atoms with Gasteiger partial charge in [-0.2, -0.15) is 0 Å². The van der Waals surface area contributed by atoms with E-state index in [4.69, 9.17) is 16.3 Å². The van der Waals surface area contributed by atoms with Crippen molar-refractivity contribution in [2.24, 2.45) is 5.92 Å². The fraction of sp³-hybridized carbons (Fsp3) is 0.190. The average molecular weight is 428 g/mol. The first-order chi connectivity index (χ1) is 14.0. The molecule has 0 spiro atoms. The number of methoxy groups -OCH3 is 1. The summed E-state index contributed by atoms with van der Waals surface area (Å²) >= 11 is 7.26. The zero-order valence-electron chi connectivity index (χ0n) is 15.6. The number of nitrogens with zero attached hydrogens (tertiary/aromatic N) is 2. The maximum absolute atomic E-state index is 12.7. The minimum atomic E-state index is -0.425. The third kappa shape index (κ3) is 4.26. The Kier molecular flexibility index (Phi) is 5.51. The van der Waals surface area contributed by atoms with Crippen LogP contribution >= 0.6 is 22.9 Å². The molecular weight excluding hydrogens is 410 g/mol. The monoisotopic (exact) mass is 427 g/mol. The Morgan fingerprint density at radius 1 is 1.21 bits per heavy atom. The lowest BCUT2D eigenvalue weighted by molar-refractivity contribution is -0.122. The molecule has 2 amide bonds. The number of ether oxygens (including phenoxy) is 1. The van der Waals surface area contributed by atoms with E-state index in [0.29, 0.717) is 16.7 Å². The molecule has 1 unspecified atom stereocenters. The summed E-state index contributed by atoms with van der Waals surface area (Å²) in [4.78, 5) is 31.1. The van der Waals surface area contributed by atoms with Gasteiger partial charge in [-0.15, -0.1) is 11.3 Å². The molecule has 4 rings (SSSR count). The fourth-order valence-corrected chi connectivity index (χ4v) is 4.04. The van der Waals surface area contributed by atoms with Crippen LogP contribution in [0.1, 0.15) is 6.42 Å². The van der Waals surface area contributed by atoms with Crippen molar-refractivity contribution in [1.29, 1.82) is 0 Å². The van der Waals surface area contributed by atoms with Gasteiger partial charge in [0.1, 0.15) is 5.75 Å². The summed E-state index contributed by atoms with van der Waals surface area (Å²) in [6, 6.07) is 14.6. The van der Waals surface area contributed by atoms with E-state index in [-0.39, 0.29) is 18.2 Å². The van der Waals surface area contributed by atoms with Gasteiger partial charge in [0, 0.05) is 34.6 Å². The number of amides is 2. The van der Waals surface area contributed by atoms with Crippen molar-refractivity contribution in [3.63, 3.8) is 0 Å². The van der Waals surface area contributed by atoms with Crippen LogP contribution in [0.5, 0.6) is 5.75 Å². The van der Waals surface area contributed by atoms with Crippen LogP contribution in [0.2, 0.25) is 5.02 Å². The van der Waals surface area contributed by atoms with Crippen LogP contribution in [-0.4, -0.2) is 30.5 Å². The molecule has 1 aliphatic rings. The summed E-state index contributed by atoms with van der Waals surface area (Å²) in [6.07, 6.45) is 0.172. The predicted molar refractivity (Wildman–Crippen MR) is 115 cm³/mol. The van der Waals surface area contributed by atoms with Crippen LogP contribution in [0.3, 0.4) is 0 Å². The number of anilines is 2. The summed E-state index contributed by atoms with van der Waals surface area (Å²) in [5.41, 5.74) is 2.46. The molecule has 8 heteroatoms. The third-order valence-corrected chi connectivity index (χ3v) is 5.76. The first kappa shape index (κ1) is 19.4. The molecule has 0 bridgehead atoms. The normalized spacial score (nSPS) is 16.1. The standard InChI is InChI=1S/C21H18ClN3O3S/c1-28-17-8-2-13(3-9-17)18-12-29-21(23-18)24-20(27)14-10-19(26)25(11-14)16-6-4-15(22)5-7-16/h2-9,12,14H,10-11H2,1H3,(H,23,24,27). The largest absolute Gasteiger partial charge is 0.497 e. The second-order valence-corrected chi connectivity index (χ2v) is 7.93. The highest BCUT2D eigenvalue weighted by atomic mass is 35.5. The van der Waals surface area contributed by atoms with Gasteiger partial charge >= 0.3 is 0 Å². The molecule has 1 aliphatic heterocycles. The number of carbonyl (C=O) groups excluding carboxylic acids is 2. The lowest BCUT2D eigenvalue weighted by atomic mass is 10.1. The maximum atomic E-state index is 12.7. The van der Waals surface area contributed by atoms with E-state index in [1.165, 1.54) is 11.3 Å². The van der Waals surface area contributed by atoms with E-state index < -0.39 is 5.92 Å². The molecular formula is C21H18ClN3O3S. The van der Waals surface area contributed by atoms with E-state index in [2.05, 4.69) is 10.3 Å². The highest BCUT2D eigenvalue weighted by Gasteiger charge is 2.35. The Bertz CT molecular complexity index is 1030. The molecule has 1 saturated heterocycles. The number of rotatable bonds is 5. The molecule has 29 heavy (non-hydrogen) atoms. The smallest absolute Gasteiger partial charge is 0.231 e. The van der Waals surface area contributed by atoms with E-state index in [1.807, 2.05) is 29.6 Å². The van der Waals surface area contributed by atoms with Crippen molar-refractivity contribution >= 4 is 45.6 Å². The van der Waals surface area contributed by atoms with Gasteiger partial charge in [-0.3, -0.25) is 9.59 Å². The molecule has 2 heterocycles. The Morgan fingerprint density at radius 2 is 1.93 bits per heavy atom. The minimum absolute atomic E-state index is 0.0782. The summed E-state index contributed by atoms with van der Waals surface area (Å²) in [5.74, 6) is 0.0659. The van der Waals surface area contributed by atoms with Crippen LogP contribution in [0.15, 0.2) is 53.9 Å². The number of benzene rings is 2. The van der Waals surface area contributed by atoms with Crippen molar-refractivity contribution < 1.29 is 14.3 Å². The Labute approximate surface area is 177 Å². The number of hydrogen-bond donors (Lipinski definition) is 1. The number of carbonyl (C=O) groups is 2. The molecule has 1 fully saturated rings. The molecule has 0 radical (unpaired) electrons. The molecule has 3 aromatic rings. The quantitative estimate of drug-likeness (QED) is 0.652. The lowest BCUT2D eigenvalue weighted by Crippen LogP contribution is -2.28. The van der Waals surface area contributed by atoms with Gasteiger partial charge in [0.15, 0.2) is 5.13 Å². The van der Waals surface area contributed by atoms with Gasteiger partial charge in [-0.25, -0.2) is 4.98 Å². The van der Waals surface area contributed by atoms with Crippen LogP contribution in [0.25, 0.3) is 11.3 Å². The molecule has 1 aromatic heterocycles. The highest BCUT2D eigenvalue weighted by molar-refractivity contribution is 7.14. The minimum Gasteiger partial charge on any atom is -0.497 e. The maximum Gasteiger partial charge on any atom is 0.231 e. The van der Waals surface area contributed by atoms with Crippen LogP contribution < -0.4 is 15.0 Å². The van der Waals surface area contributed by atoms with Crippen LogP contribution in [-0.2, 0) is 9.59 Å². The Morgan fingerprint density at radius 3 is 2.62 bits per heavy atom. The van der Waals surface area contributed by atoms with Crippen molar-refractivity contribution in [2.75, 3.05) is 23.9 Å². The van der Waals surface area contributed by atoms with Gasteiger partial charge in [0.05, 0.1) is 18.7 Å². The molecule has 0 saturated carbocycles. The molecule has 1 N–H and O–H groups in total. The van der Waals surface area contributed by atoms with E-state index in [0.717, 1.165) is 22.7 Å². The number of nitrogens with one attached hydrogen (secondary N) is 1. The fourth-order valence-electron chi connectivity index (χ4n) is 3.19. The molecule has 6 nitrogen and oxygen atoms in total. The molecule has 148 valence electrons. The highest BCUT2D eigenvalue weighted by Crippen LogP contribution is 2.29. The third-order valence-electron chi connectivity index (χ3n) is 4.75. The molecule has 2 aromatic carbocycles. The first-order valence-electron chi connectivity index (χ1n) is 9.00. The van der Waals surface area contributed by atoms with E-state index in [9.17, 15) is 9.59 Å². The topological polar surface area (TPSA) is 71.5 Å². The summed E-state index contributed by atoms with van der Waals surface area (Å²) in [6.45, 7) is 0.336. The Hall–Kier alpha value is -2.90. The van der Waals surface area contributed by atoms with Gasteiger partial charge in [-0.05, 0) is 48.5 Å². The van der Waals surface area contributed by atoms with Crippen molar-refractivity contribution in [3.05, 3.63) is 58.9 Å². The van der Waals surface area contributed by atoms with Gasteiger partial charge < -0.3 is 15.0 Å². The number of thiazole rings is 1. The average Bonchev–Trinajstić information content (AvgIpc) is 3.35. The van der Waals surface area contributed by atoms with Gasteiger partial charge in [0.25, 0.3) is 0 Å². The number of hydrogen-bond acceptors (Lipinski definition) is 5. The van der Waals surface area contributed by atoms with Crippen molar-refractivity contribution in [3.8, 4) is 17.0 Å². The Balaban J connectivity index is 1.41. The second-order valence-electron chi connectivity index (χ2n) is 6.64. The second kappa shape index (κ2) is 8.23. The predicted octanol–water partition coefficient (Wildman–Crippen LogP) is 4.46. The van der Waals surface area contributed by atoms with Crippen LogP contribution in [0.4, 0.5) is 10.8 Å². The molecule has 0 aliphatic carbocycles. The number of aromatic nitrogens is 1. The van der Waals surface area contributed by atoms with Gasteiger partial charge in [-0.1, -0.05) is 11.6 Å². The summed E-state index contributed by atoms with van der Waals surface area (Å²) in [7, 11) is 1.62. The van der Waals surface area contributed by atoms with E-state index >= 15 is 0 Å². The van der Waals surface area contributed by atoms with Crippen molar-refractivity contribution in [2.45, 2.75) is 6.42 Å². The summed E-state index contributed by atoms with van der Waals surface area (Å²) in [5, 5.41) is 5.84. The molecule has 1 atom stereocenters. The van der Waals surface area contributed by atoms with Crippen molar-refractivity contribution in [1.82, 2.24) is 4.98 Å². The summed E-state index contributed by atoms with van der Waals surface area (Å²) < 4.78 is 5.16.